The number of carbonyl (C=O) groups excluding carboxylic acids is 1. The van der Waals surface area contributed by atoms with Crippen LogP contribution in [0.3, 0.4) is 0 Å². The Labute approximate surface area is 119 Å². The number of rotatable bonds is 3. The fourth-order valence-corrected chi connectivity index (χ4v) is 2.92. The highest BCUT2D eigenvalue weighted by Gasteiger charge is 2.33. The van der Waals surface area contributed by atoms with Crippen molar-refractivity contribution in [2.24, 2.45) is 5.92 Å². The number of nitrogens with zero attached hydrogens (tertiary/aromatic N) is 2. The molecular formula is C12H16F3N3OS. The molecule has 2 rings (SSSR count). The number of likely N-dealkylation sites (tertiary alicyclic amines) is 1. The fraction of sp³-hybridized carbons (Fsp3) is 0.667. The smallest absolute Gasteiger partial charge is 0.302 e. The number of amides is 1. The second-order valence-corrected chi connectivity index (χ2v) is 5.81. The van der Waals surface area contributed by atoms with Gasteiger partial charge in [-0.1, -0.05) is 0 Å². The number of nitrogens with one attached hydrogen (secondary N) is 1. The van der Waals surface area contributed by atoms with Crippen LogP contribution >= 0.6 is 11.3 Å². The van der Waals surface area contributed by atoms with Crippen molar-refractivity contribution in [1.82, 2.24) is 9.88 Å². The number of anilines is 1. The summed E-state index contributed by atoms with van der Waals surface area (Å²) < 4.78 is 36.8. The Hall–Kier alpha value is -1.15. The number of piperidine rings is 1. The first-order valence-corrected chi connectivity index (χ1v) is 7.23. The van der Waals surface area contributed by atoms with Gasteiger partial charge in [-0.15, -0.1) is 11.3 Å². The summed E-state index contributed by atoms with van der Waals surface area (Å²) >= 11 is 1.35. The van der Waals surface area contributed by atoms with E-state index in [-0.39, 0.29) is 11.8 Å². The van der Waals surface area contributed by atoms with Gasteiger partial charge in [-0.3, -0.25) is 9.69 Å². The molecule has 1 amide bonds. The fourth-order valence-electron chi connectivity index (χ4n) is 2.23. The van der Waals surface area contributed by atoms with E-state index in [0.29, 0.717) is 31.1 Å². The second-order valence-electron chi connectivity index (χ2n) is 4.95. The Kier molecular flexibility index (Phi) is 4.64. The molecule has 0 saturated carbocycles. The van der Waals surface area contributed by atoms with E-state index in [1.54, 1.807) is 0 Å². The zero-order valence-electron chi connectivity index (χ0n) is 11.0. The number of hydrogen-bond acceptors (Lipinski definition) is 4. The predicted molar refractivity (Wildman–Crippen MR) is 70.7 cm³/mol. The second kappa shape index (κ2) is 6.09. The van der Waals surface area contributed by atoms with Crippen molar-refractivity contribution in [2.45, 2.75) is 25.9 Å². The van der Waals surface area contributed by atoms with Crippen LogP contribution in [0.15, 0.2) is 5.38 Å². The minimum atomic E-state index is -4.17. The maximum absolute atomic E-state index is 12.3. The number of carbonyl (C=O) groups is 1. The van der Waals surface area contributed by atoms with E-state index in [1.807, 2.05) is 12.3 Å². The van der Waals surface area contributed by atoms with Crippen LogP contribution in [-0.4, -0.2) is 41.6 Å². The van der Waals surface area contributed by atoms with Crippen molar-refractivity contribution in [2.75, 3.05) is 25.0 Å². The monoisotopic (exact) mass is 307 g/mol. The van der Waals surface area contributed by atoms with Crippen molar-refractivity contribution >= 4 is 22.4 Å². The minimum Gasteiger partial charge on any atom is -0.302 e. The van der Waals surface area contributed by atoms with Gasteiger partial charge in [0.05, 0.1) is 12.2 Å². The molecular weight excluding hydrogens is 291 g/mol. The Morgan fingerprint density at radius 2 is 2.15 bits per heavy atom. The molecule has 0 aromatic carbocycles. The zero-order valence-corrected chi connectivity index (χ0v) is 11.9. The van der Waals surface area contributed by atoms with Gasteiger partial charge >= 0.3 is 6.18 Å². The third-order valence-corrected chi connectivity index (χ3v) is 4.09. The van der Waals surface area contributed by atoms with Gasteiger partial charge in [0.25, 0.3) is 0 Å². The van der Waals surface area contributed by atoms with E-state index in [0.717, 1.165) is 5.69 Å². The molecule has 2 heterocycles. The van der Waals surface area contributed by atoms with Crippen LogP contribution in [0, 0.1) is 12.8 Å². The van der Waals surface area contributed by atoms with Gasteiger partial charge in [-0.2, -0.15) is 13.2 Å². The first kappa shape index (κ1) is 15.2. The number of aryl methyl sites for hydroxylation is 1. The number of halogens is 3. The molecule has 0 radical (unpaired) electrons. The number of alkyl halides is 3. The lowest BCUT2D eigenvalue weighted by Gasteiger charge is -2.31. The van der Waals surface area contributed by atoms with Crippen LogP contribution in [-0.2, 0) is 4.79 Å². The van der Waals surface area contributed by atoms with E-state index in [2.05, 4.69) is 10.3 Å². The van der Waals surface area contributed by atoms with Crippen molar-refractivity contribution in [3.05, 3.63) is 11.1 Å². The molecule has 20 heavy (non-hydrogen) atoms. The van der Waals surface area contributed by atoms with Gasteiger partial charge in [0.1, 0.15) is 0 Å². The maximum Gasteiger partial charge on any atom is 0.401 e. The van der Waals surface area contributed by atoms with Crippen molar-refractivity contribution in [3.63, 3.8) is 0 Å². The molecule has 112 valence electrons. The number of hydrogen-bond donors (Lipinski definition) is 1. The first-order valence-electron chi connectivity index (χ1n) is 6.35. The highest BCUT2D eigenvalue weighted by Crippen LogP contribution is 2.24. The summed E-state index contributed by atoms with van der Waals surface area (Å²) in [7, 11) is 0. The summed E-state index contributed by atoms with van der Waals surface area (Å²) in [5.41, 5.74) is 0.838. The molecule has 1 saturated heterocycles. The van der Waals surface area contributed by atoms with Crippen LogP contribution in [0.5, 0.6) is 0 Å². The summed E-state index contributed by atoms with van der Waals surface area (Å²) in [6, 6.07) is 0. The topological polar surface area (TPSA) is 45.2 Å². The summed E-state index contributed by atoms with van der Waals surface area (Å²) in [6.07, 6.45) is -3.27. The zero-order chi connectivity index (χ0) is 14.8. The summed E-state index contributed by atoms with van der Waals surface area (Å²) in [5.74, 6) is -0.380. The molecule has 0 spiro atoms. The van der Waals surface area contributed by atoms with Crippen molar-refractivity contribution < 1.29 is 18.0 Å². The van der Waals surface area contributed by atoms with Gasteiger partial charge in [0, 0.05) is 11.3 Å². The molecule has 0 unspecified atom stereocenters. The highest BCUT2D eigenvalue weighted by atomic mass is 32.1. The Morgan fingerprint density at radius 3 is 2.65 bits per heavy atom. The van der Waals surface area contributed by atoms with E-state index in [1.165, 1.54) is 16.2 Å². The SMILES string of the molecule is Cc1csc(NC(=O)C2CCN(CC(F)(F)F)CC2)n1. The average molecular weight is 307 g/mol. The molecule has 0 atom stereocenters. The summed E-state index contributed by atoms with van der Waals surface area (Å²) in [4.78, 5) is 17.5. The average Bonchev–Trinajstić information content (AvgIpc) is 2.73. The van der Waals surface area contributed by atoms with Crippen LogP contribution in [0.25, 0.3) is 0 Å². The quantitative estimate of drug-likeness (QED) is 0.934. The van der Waals surface area contributed by atoms with Gasteiger partial charge < -0.3 is 5.32 Å². The molecule has 1 aliphatic rings. The van der Waals surface area contributed by atoms with Crippen molar-refractivity contribution in [1.29, 1.82) is 0 Å². The normalized spacial score (nSPS) is 18.2. The molecule has 0 bridgehead atoms. The minimum absolute atomic E-state index is 0.147. The molecule has 1 aromatic heterocycles. The molecule has 0 aliphatic carbocycles. The lowest BCUT2D eigenvalue weighted by molar-refractivity contribution is -0.149. The molecule has 8 heteroatoms. The van der Waals surface area contributed by atoms with Gasteiger partial charge in [0.15, 0.2) is 5.13 Å². The van der Waals surface area contributed by atoms with Crippen LogP contribution in [0.4, 0.5) is 18.3 Å². The van der Waals surface area contributed by atoms with Gasteiger partial charge in [-0.05, 0) is 32.9 Å². The molecule has 1 aliphatic heterocycles. The third-order valence-electron chi connectivity index (χ3n) is 3.21. The lowest BCUT2D eigenvalue weighted by atomic mass is 9.96. The first-order chi connectivity index (χ1) is 9.33. The van der Waals surface area contributed by atoms with E-state index in [9.17, 15) is 18.0 Å². The van der Waals surface area contributed by atoms with Crippen molar-refractivity contribution in [3.8, 4) is 0 Å². The summed E-state index contributed by atoms with van der Waals surface area (Å²) in [5, 5.41) is 5.10. The Balaban J connectivity index is 1.80. The Bertz CT molecular complexity index is 467. The lowest BCUT2D eigenvalue weighted by Crippen LogP contribution is -2.42. The van der Waals surface area contributed by atoms with Gasteiger partial charge in [0.2, 0.25) is 5.91 Å². The van der Waals surface area contributed by atoms with E-state index in [4.69, 9.17) is 0 Å². The Morgan fingerprint density at radius 1 is 1.50 bits per heavy atom. The molecule has 1 N–H and O–H groups in total. The number of aromatic nitrogens is 1. The van der Waals surface area contributed by atoms with Crippen LogP contribution in [0.2, 0.25) is 0 Å². The molecule has 4 nitrogen and oxygen atoms in total. The highest BCUT2D eigenvalue weighted by molar-refractivity contribution is 7.13. The number of thiazole rings is 1. The maximum atomic E-state index is 12.3. The summed E-state index contributed by atoms with van der Waals surface area (Å²) in [6.45, 7) is 1.54. The van der Waals surface area contributed by atoms with Crippen LogP contribution < -0.4 is 5.32 Å². The largest absolute Gasteiger partial charge is 0.401 e. The molecule has 1 fully saturated rings. The predicted octanol–water partition coefficient (Wildman–Crippen LogP) is 2.66. The van der Waals surface area contributed by atoms with E-state index >= 15 is 0 Å². The van der Waals surface area contributed by atoms with E-state index < -0.39 is 12.7 Å². The molecule has 1 aromatic rings. The van der Waals surface area contributed by atoms with Crippen LogP contribution in [0.1, 0.15) is 18.5 Å². The van der Waals surface area contributed by atoms with Gasteiger partial charge in [-0.25, -0.2) is 4.98 Å². The standard InChI is InChI=1S/C12H16F3N3OS/c1-8-6-20-11(16-8)17-10(19)9-2-4-18(5-3-9)7-12(13,14)15/h6,9H,2-5,7H2,1H3,(H,16,17,19). The third kappa shape index (κ3) is 4.45.